The van der Waals surface area contributed by atoms with Gasteiger partial charge in [-0.1, -0.05) is 6.07 Å². The van der Waals surface area contributed by atoms with Gasteiger partial charge in [0.15, 0.2) is 0 Å². The lowest BCUT2D eigenvalue weighted by Gasteiger charge is -2.08. The van der Waals surface area contributed by atoms with Crippen LogP contribution in [-0.4, -0.2) is 24.7 Å². The number of methoxy groups -OCH3 is 1. The lowest BCUT2D eigenvalue weighted by atomic mass is 10.1. The van der Waals surface area contributed by atoms with Gasteiger partial charge in [0.05, 0.1) is 18.4 Å². The first-order valence-corrected chi connectivity index (χ1v) is 5.31. The fraction of sp³-hybridized carbons (Fsp3) is 0.273. The Kier molecular flexibility index (Phi) is 4.37. The van der Waals surface area contributed by atoms with Crippen LogP contribution in [0, 0.1) is 6.92 Å². The van der Waals surface area contributed by atoms with Crippen LogP contribution >= 0.6 is 12.6 Å². The van der Waals surface area contributed by atoms with E-state index in [9.17, 15) is 9.59 Å². The third kappa shape index (κ3) is 3.00. The Hall–Kier alpha value is -1.49. The molecule has 0 heterocycles. The Morgan fingerprint density at radius 1 is 1.44 bits per heavy atom. The lowest BCUT2D eigenvalue weighted by molar-refractivity contribution is -0.113. The zero-order valence-electron chi connectivity index (χ0n) is 9.11. The Morgan fingerprint density at radius 3 is 2.69 bits per heavy atom. The number of nitrogens with one attached hydrogen (secondary N) is 1. The van der Waals surface area contributed by atoms with Crippen LogP contribution in [0.15, 0.2) is 18.2 Å². The van der Waals surface area contributed by atoms with E-state index in [1.165, 1.54) is 7.11 Å². The van der Waals surface area contributed by atoms with E-state index in [2.05, 4.69) is 22.7 Å². The zero-order chi connectivity index (χ0) is 12.1. The molecule has 0 aliphatic carbocycles. The molecule has 16 heavy (non-hydrogen) atoms. The molecule has 0 fully saturated rings. The topological polar surface area (TPSA) is 55.4 Å². The average molecular weight is 239 g/mol. The molecular weight excluding hydrogens is 226 g/mol. The molecule has 86 valence electrons. The standard InChI is InChI=1S/C11H13NO3S/c1-7-3-4-8(11(14)15-2)5-9(7)12-10(13)6-16/h3-5,16H,6H2,1-2H3,(H,12,13). The van der Waals surface area contributed by atoms with Crippen molar-refractivity contribution in [3.63, 3.8) is 0 Å². The van der Waals surface area contributed by atoms with E-state index in [1.807, 2.05) is 6.92 Å². The molecule has 0 aliphatic heterocycles. The van der Waals surface area contributed by atoms with Crippen LogP contribution in [0.3, 0.4) is 0 Å². The van der Waals surface area contributed by atoms with Crippen LogP contribution in [-0.2, 0) is 9.53 Å². The van der Waals surface area contributed by atoms with E-state index in [-0.39, 0.29) is 11.7 Å². The second kappa shape index (κ2) is 5.55. The number of carbonyl (C=O) groups is 2. The number of thiol groups is 1. The van der Waals surface area contributed by atoms with Gasteiger partial charge in [-0.05, 0) is 24.6 Å². The highest BCUT2D eigenvalue weighted by Gasteiger charge is 2.09. The van der Waals surface area contributed by atoms with Crippen LogP contribution < -0.4 is 5.32 Å². The Balaban J connectivity index is 2.99. The maximum atomic E-state index is 11.3. The quantitative estimate of drug-likeness (QED) is 0.623. The molecule has 0 atom stereocenters. The zero-order valence-corrected chi connectivity index (χ0v) is 10.0. The molecule has 0 spiro atoms. The average Bonchev–Trinajstić information content (AvgIpc) is 2.30. The third-order valence-electron chi connectivity index (χ3n) is 2.08. The first kappa shape index (κ1) is 12.6. The maximum Gasteiger partial charge on any atom is 0.337 e. The molecule has 4 nitrogen and oxygen atoms in total. The number of amides is 1. The maximum absolute atomic E-state index is 11.3. The molecule has 1 aromatic carbocycles. The van der Waals surface area contributed by atoms with E-state index in [1.54, 1.807) is 18.2 Å². The predicted molar refractivity (Wildman–Crippen MR) is 65.0 cm³/mol. The van der Waals surface area contributed by atoms with Crippen LogP contribution in [0.1, 0.15) is 15.9 Å². The summed E-state index contributed by atoms with van der Waals surface area (Å²) in [5, 5.41) is 2.66. The molecule has 0 radical (unpaired) electrons. The molecule has 1 N–H and O–H groups in total. The van der Waals surface area contributed by atoms with E-state index in [4.69, 9.17) is 0 Å². The molecule has 1 amide bonds. The first-order chi connectivity index (χ1) is 7.58. The van der Waals surface area contributed by atoms with Crippen molar-refractivity contribution >= 4 is 30.2 Å². The molecule has 0 unspecified atom stereocenters. The molecule has 0 aliphatic rings. The van der Waals surface area contributed by atoms with Crippen LogP contribution in [0.4, 0.5) is 5.69 Å². The number of ether oxygens (including phenoxy) is 1. The van der Waals surface area contributed by atoms with Crippen molar-refractivity contribution < 1.29 is 14.3 Å². The SMILES string of the molecule is COC(=O)c1ccc(C)c(NC(=O)CS)c1. The number of carbonyl (C=O) groups excluding carboxylic acids is 2. The first-order valence-electron chi connectivity index (χ1n) is 4.68. The van der Waals surface area contributed by atoms with Gasteiger partial charge >= 0.3 is 5.97 Å². The summed E-state index contributed by atoms with van der Waals surface area (Å²) in [4.78, 5) is 22.5. The Morgan fingerprint density at radius 2 is 2.12 bits per heavy atom. The fourth-order valence-electron chi connectivity index (χ4n) is 1.19. The van der Waals surface area contributed by atoms with Crippen molar-refractivity contribution in [3.05, 3.63) is 29.3 Å². The van der Waals surface area contributed by atoms with Gasteiger partial charge < -0.3 is 10.1 Å². The summed E-state index contributed by atoms with van der Waals surface area (Å²) < 4.78 is 4.60. The minimum Gasteiger partial charge on any atom is -0.465 e. The van der Waals surface area contributed by atoms with E-state index < -0.39 is 5.97 Å². The predicted octanol–water partition coefficient (Wildman–Crippen LogP) is 1.65. The van der Waals surface area contributed by atoms with Crippen molar-refractivity contribution in [3.8, 4) is 0 Å². The summed E-state index contributed by atoms with van der Waals surface area (Å²) in [5.74, 6) is -0.545. The molecular formula is C11H13NO3S. The van der Waals surface area contributed by atoms with Crippen LogP contribution in [0.25, 0.3) is 0 Å². The highest BCUT2D eigenvalue weighted by atomic mass is 32.1. The second-order valence-electron chi connectivity index (χ2n) is 3.23. The Labute approximate surface area is 99.4 Å². The van der Waals surface area contributed by atoms with Gasteiger partial charge in [-0.2, -0.15) is 12.6 Å². The minimum absolute atomic E-state index is 0.0991. The number of anilines is 1. The molecule has 1 aromatic rings. The summed E-state index contributed by atoms with van der Waals surface area (Å²) in [6.45, 7) is 1.84. The van der Waals surface area contributed by atoms with E-state index in [0.717, 1.165) is 5.56 Å². The summed E-state index contributed by atoms with van der Waals surface area (Å²) >= 11 is 3.86. The number of rotatable bonds is 3. The van der Waals surface area contributed by atoms with Gasteiger partial charge in [-0.15, -0.1) is 0 Å². The van der Waals surface area contributed by atoms with E-state index in [0.29, 0.717) is 11.3 Å². The second-order valence-corrected chi connectivity index (χ2v) is 3.54. The largest absolute Gasteiger partial charge is 0.465 e. The highest BCUT2D eigenvalue weighted by Crippen LogP contribution is 2.17. The van der Waals surface area contributed by atoms with Crippen molar-refractivity contribution in [1.29, 1.82) is 0 Å². The monoisotopic (exact) mass is 239 g/mol. The molecule has 0 aromatic heterocycles. The van der Waals surface area contributed by atoms with Crippen LogP contribution in [0.2, 0.25) is 0 Å². The van der Waals surface area contributed by atoms with Gasteiger partial charge in [0.25, 0.3) is 0 Å². The van der Waals surface area contributed by atoms with Crippen molar-refractivity contribution in [2.24, 2.45) is 0 Å². The van der Waals surface area contributed by atoms with Crippen molar-refractivity contribution in [2.75, 3.05) is 18.2 Å². The normalized spacial score (nSPS) is 9.69. The number of benzene rings is 1. The van der Waals surface area contributed by atoms with E-state index >= 15 is 0 Å². The van der Waals surface area contributed by atoms with Gasteiger partial charge in [0, 0.05) is 5.69 Å². The third-order valence-corrected chi connectivity index (χ3v) is 2.36. The summed E-state index contributed by atoms with van der Waals surface area (Å²) in [6.07, 6.45) is 0. The van der Waals surface area contributed by atoms with Gasteiger partial charge in [-0.25, -0.2) is 4.79 Å². The molecule has 0 saturated heterocycles. The molecule has 0 bridgehead atoms. The van der Waals surface area contributed by atoms with Gasteiger partial charge in [0.1, 0.15) is 0 Å². The van der Waals surface area contributed by atoms with Crippen LogP contribution in [0.5, 0.6) is 0 Å². The number of aryl methyl sites for hydroxylation is 1. The van der Waals surface area contributed by atoms with Gasteiger partial charge in [-0.3, -0.25) is 4.79 Å². The summed E-state index contributed by atoms with van der Waals surface area (Å²) in [5.41, 5.74) is 1.88. The fourth-order valence-corrected chi connectivity index (χ4v) is 1.27. The van der Waals surface area contributed by atoms with Crippen molar-refractivity contribution in [1.82, 2.24) is 0 Å². The minimum atomic E-state index is -0.429. The Bertz CT molecular complexity index is 418. The molecule has 1 rings (SSSR count). The number of hydrogen-bond acceptors (Lipinski definition) is 4. The summed E-state index contributed by atoms with van der Waals surface area (Å²) in [6, 6.07) is 4.99. The van der Waals surface area contributed by atoms with Gasteiger partial charge in [0.2, 0.25) is 5.91 Å². The highest BCUT2D eigenvalue weighted by molar-refractivity contribution is 7.81. The number of esters is 1. The smallest absolute Gasteiger partial charge is 0.337 e. The molecule has 0 saturated carbocycles. The molecule has 5 heteroatoms. The number of hydrogen-bond donors (Lipinski definition) is 2. The summed E-state index contributed by atoms with van der Waals surface area (Å²) in [7, 11) is 1.31. The van der Waals surface area contributed by atoms with Crippen molar-refractivity contribution in [2.45, 2.75) is 6.92 Å². The lowest BCUT2D eigenvalue weighted by Crippen LogP contribution is -2.14.